The van der Waals surface area contributed by atoms with Crippen LogP contribution in [0.15, 0.2) is 28.7 Å². The molecule has 0 bridgehead atoms. The molecular weight excluding hydrogens is 321 g/mol. The van der Waals surface area contributed by atoms with Crippen LogP contribution in [0, 0.1) is 12.7 Å². The monoisotopic (exact) mass is 339 g/mol. The second-order valence-electron chi connectivity index (χ2n) is 4.82. The Labute approximate surface area is 127 Å². The smallest absolute Gasteiger partial charge is 0.123 e. The predicted molar refractivity (Wildman–Crippen MR) is 82.0 cm³/mol. The third kappa shape index (κ3) is 3.27. The molecular formula is C15H19BrFN3. The van der Waals surface area contributed by atoms with Gasteiger partial charge in [-0.15, -0.1) is 0 Å². The summed E-state index contributed by atoms with van der Waals surface area (Å²) < 4.78 is 16.2. The summed E-state index contributed by atoms with van der Waals surface area (Å²) in [6, 6.07) is 6.77. The van der Waals surface area contributed by atoms with E-state index in [4.69, 9.17) is 0 Å². The van der Waals surface area contributed by atoms with E-state index in [1.807, 2.05) is 24.6 Å². The number of nitrogens with one attached hydrogen (secondary N) is 1. The normalized spacial score (nSPS) is 12.7. The molecule has 0 saturated carbocycles. The van der Waals surface area contributed by atoms with Crippen LogP contribution in [0.4, 0.5) is 4.39 Å². The van der Waals surface area contributed by atoms with Crippen molar-refractivity contribution >= 4 is 15.9 Å². The third-order valence-electron chi connectivity index (χ3n) is 3.38. The average Bonchev–Trinajstić information content (AvgIpc) is 2.71. The first-order valence-electron chi connectivity index (χ1n) is 6.73. The third-order valence-corrected chi connectivity index (χ3v) is 4.41. The molecule has 0 aliphatic carbocycles. The molecule has 0 spiro atoms. The van der Waals surface area contributed by atoms with Gasteiger partial charge in [0.2, 0.25) is 0 Å². The van der Waals surface area contributed by atoms with Crippen LogP contribution >= 0.6 is 15.9 Å². The molecule has 1 N–H and O–H groups in total. The van der Waals surface area contributed by atoms with Crippen LogP contribution in [0.2, 0.25) is 0 Å². The van der Waals surface area contributed by atoms with Gasteiger partial charge in [0.05, 0.1) is 15.9 Å². The Hall–Kier alpha value is -1.20. The van der Waals surface area contributed by atoms with E-state index in [1.165, 1.54) is 6.07 Å². The Morgan fingerprint density at radius 3 is 2.85 bits per heavy atom. The second kappa shape index (κ2) is 6.50. The Balaban J connectivity index is 2.09. The number of rotatable bonds is 5. The minimum atomic E-state index is -0.202. The quantitative estimate of drug-likeness (QED) is 0.893. The average molecular weight is 340 g/mol. The first-order chi connectivity index (χ1) is 9.52. The molecule has 0 aliphatic rings. The lowest BCUT2D eigenvalue weighted by Gasteiger charge is -2.15. The summed E-state index contributed by atoms with van der Waals surface area (Å²) in [7, 11) is 0. The van der Waals surface area contributed by atoms with Crippen LogP contribution < -0.4 is 5.32 Å². The standard InChI is InChI=1S/C15H19BrFN3/c1-4-20-14(15(16)11(3)19-20)9-18-10(2)12-6-5-7-13(17)8-12/h5-8,10,18H,4,9H2,1-3H3/t10-/m1/s1. The van der Waals surface area contributed by atoms with Gasteiger partial charge in [0.25, 0.3) is 0 Å². The van der Waals surface area contributed by atoms with Crippen molar-refractivity contribution in [1.29, 1.82) is 0 Å². The zero-order valence-electron chi connectivity index (χ0n) is 12.0. The summed E-state index contributed by atoms with van der Waals surface area (Å²) in [4.78, 5) is 0. The molecule has 108 valence electrons. The molecule has 0 unspecified atom stereocenters. The molecule has 0 saturated heterocycles. The van der Waals surface area contributed by atoms with Crippen LogP contribution in [0.25, 0.3) is 0 Å². The fourth-order valence-corrected chi connectivity index (χ4v) is 2.61. The van der Waals surface area contributed by atoms with E-state index in [9.17, 15) is 4.39 Å². The topological polar surface area (TPSA) is 29.9 Å². The molecule has 1 aromatic carbocycles. The Morgan fingerprint density at radius 2 is 2.20 bits per heavy atom. The van der Waals surface area contributed by atoms with Crippen molar-refractivity contribution in [3.8, 4) is 0 Å². The first kappa shape index (κ1) is 15.2. The Bertz CT molecular complexity index is 595. The van der Waals surface area contributed by atoms with Gasteiger partial charge in [0.1, 0.15) is 5.82 Å². The number of aryl methyl sites for hydroxylation is 2. The number of hydrogen-bond donors (Lipinski definition) is 1. The highest BCUT2D eigenvalue weighted by Crippen LogP contribution is 2.22. The summed E-state index contributed by atoms with van der Waals surface area (Å²) in [5.41, 5.74) is 3.05. The summed E-state index contributed by atoms with van der Waals surface area (Å²) in [6.45, 7) is 7.60. The number of benzene rings is 1. The van der Waals surface area contributed by atoms with Gasteiger partial charge in [-0.25, -0.2) is 4.39 Å². The van der Waals surface area contributed by atoms with Crippen LogP contribution in [-0.2, 0) is 13.1 Å². The largest absolute Gasteiger partial charge is 0.305 e. The number of hydrogen-bond acceptors (Lipinski definition) is 2. The van der Waals surface area contributed by atoms with E-state index < -0.39 is 0 Å². The lowest BCUT2D eigenvalue weighted by Crippen LogP contribution is -2.20. The maximum Gasteiger partial charge on any atom is 0.123 e. The molecule has 5 heteroatoms. The highest BCUT2D eigenvalue weighted by atomic mass is 79.9. The molecule has 1 aromatic heterocycles. The van der Waals surface area contributed by atoms with Crippen molar-refractivity contribution in [2.45, 2.75) is 39.9 Å². The van der Waals surface area contributed by atoms with Crippen LogP contribution in [-0.4, -0.2) is 9.78 Å². The lowest BCUT2D eigenvalue weighted by molar-refractivity contribution is 0.526. The summed E-state index contributed by atoms with van der Waals surface area (Å²) >= 11 is 3.58. The zero-order chi connectivity index (χ0) is 14.7. The zero-order valence-corrected chi connectivity index (χ0v) is 13.5. The highest BCUT2D eigenvalue weighted by molar-refractivity contribution is 9.10. The van der Waals surface area contributed by atoms with Gasteiger partial charge >= 0.3 is 0 Å². The molecule has 0 fully saturated rings. The van der Waals surface area contributed by atoms with Crippen molar-refractivity contribution in [3.63, 3.8) is 0 Å². The maximum absolute atomic E-state index is 13.2. The van der Waals surface area contributed by atoms with Crippen molar-refractivity contribution in [3.05, 3.63) is 51.5 Å². The number of nitrogens with zero attached hydrogens (tertiary/aromatic N) is 2. The molecule has 2 rings (SSSR count). The minimum absolute atomic E-state index is 0.0816. The lowest BCUT2D eigenvalue weighted by atomic mass is 10.1. The molecule has 2 aromatic rings. The van der Waals surface area contributed by atoms with Gasteiger partial charge in [0, 0.05) is 19.1 Å². The fraction of sp³-hybridized carbons (Fsp3) is 0.400. The summed E-state index contributed by atoms with van der Waals surface area (Å²) in [5.74, 6) is -0.202. The van der Waals surface area contributed by atoms with E-state index in [0.29, 0.717) is 6.54 Å². The van der Waals surface area contributed by atoms with Gasteiger partial charge in [-0.2, -0.15) is 5.10 Å². The minimum Gasteiger partial charge on any atom is -0.305 e. The molecule has 20 heavy (non-hydrogen) atoms. The first-order valence-corrected chi connectivity index (χ1v) is 7.52. The number of aromatic nitrogens is 2. The molecule has 1 atom stereocenters. The van der Waals surface area contributed by atoms with Gasteiger partial charge in [-0.05, 0) is 54.4 Å². The van der Waals surface area contributed by atoms with Gasteiger partial charge in [-0.3, -0.25) is 4.68 Å². The van der Waals surface area contributed by atoms with Crippen molar-refractivity contribution in [1.82, 2.24) is 15.1 Å². The van der Waals surface area contributed by atoms with Gasteiger partial charge in [-0.1, -0.05) is 12.1 Å². The van der Waals surface area contributed by atoms with Gasteiger partial charge < -0.3 is 5.32 Å². The fourth-order valence-electron chi connectivity index (χ4n) is 2.18. The summed E-state index contributed by atoms with van der Waals surface area (Å²) in [5, 5.41) is 7.88. The maximum atomic E-state index is 13.2. The highest BCUT2D eigenvalue weighted by Gasteiger charge is 2.13. The molecule has 0 radical (unpaired) electrons. The van der Waals surface area contributed by atoms with E-state index >= 15 is 0 Å². The van der Waals surface area contributed by atoms with Gasteiger partial charge in [0.15, 0.2) is 0 Å². The SMILES string of the molecule is CCn1nc(C)c(Br)c1CN[C@H](C)c1cccc(F)c1. The van der Waals surface area contributed by atoms with Crippen LogP contribution in [0.3, 0.4) is 0 Å². The van der Waals surface area contributed by atoms with Crippen LogP contribution in [0.5, 0.6) is 0 Å². The Morgan fingerprint density at radius 1 is 1.45 bits per heavy atom. The van der Waals surface area contributed by atoms with Crippen LogP contribution in [0.1, 0.15) is 36.8 Å². The van der Waals surface area contributed by atoms with E-state index in [-0.39, 0.29) is 11.9 Å². The molecule has 3 nitrogen and oxygen atoms in total. The van der Waals surface area contributed by atoms with Crippen molar-refractivity contribution < 1.29 is 4.39 Å². The number of halogens is 2. The summed E-state index contributed by atoms with van der Waals surface area (Å²) in [6.07, 6.45) is 0. The molecule has 1 heterocycles. The second-order valence-corrected chi connectivity index (χ2v) is 5.61. The molecule has 0 aliphatic heterocycles. The molecule has 0 amide bonds. The predicted octanol–water partition coefficient (Wildman–Crippen LogP) is 3.96. The Kier molecular flexibility index (Phi) is 4.94. The van der Waals surface area contributed by atoms with E-state index in [0.717, 1.165) is 28.0 Å². The van der Waals surface area contributed by atoms with Crippen molar-refractivity contribution in [2.24, 2.45) is 0 Å². The van der Waals surface area contributed by atoms with E-state index in [2.05, 4.69) is 33.3 Å². The van der Waals surface area contributed by atoms with E-state index in [1.54, 1.807) is 12.1 Å². The van der Waals surface area contributed by atoms with Crippen molar-refractivity contribution in [2.75, 3.05) is 0 Å².